The number of hydrogen-bond donors (Lipinski definition) is 0. The Hall–Kier alpha value is -1.71. The molecule has 0 heterocycles. The number of Topliss-reactive ketones (excluding diaryl/α,β-unsaturated/α-hetero) is 2. The van der Waals surface area contributed by atoms with Crippen LogP contribution in [0.3, 0.4) is 0 Å². The summed E-state index contributed by atoms with van der Waals surface area (Å²) in [6.07, 6.45) is 47.8. The maximum atomic E-state index is 13.2. The molecule has 0 aromatic rings. The number of unbranched alkanes of at least 4 members (excludes halogenated alkanes) is 27. The van der Waals surface area contributed by atoms with Gasteiger partial charge in [-0.1, -0.05) is 186 Å². The summed E-state index contributed by atoms with van der Waals surface area (Å²) in [5.74, 6) is -2.29. The highest BCUT2D eigenvalue weighted by Gasteiger charge is 2.31. The van der Waals surface area contributed by atoms with E-state index in [-0.39, 0.29) is 12.2 Å². The van der Waals surface area contributed by atoms with Crippen LogP contribution in [0.4, 0.5) is 0 Å². The Bertz CT molecular complexity index is 813. The van der Waals surface area contributed by atoms with Crippen LogP contribution < -0.4 is 0 Å². The number of hydrogen-bond acceptors (Lipinski definition) is 4. The average molecular weight is 701 g/mol. The van der Waals surface area contributed by atoms with Gasteiger partial charge in [-0.25, -0.2) is 0 Å². The maximum Gasteiger partial charge on any atom is 0.316 e. The highest BCUT2D eigenvalue weighted by Crippen LogP contribution is 2.18. The Balaban J connectivity index is 4.42. The van der Waals surface area contributed by atoms with Crippen molar-refractivity contribution in [3.63, 3.8) is 0 Å². The highest BCUT2D eigenvalue weighted by molar-refractivity contribution is 6.41. The van der Waals surface area contributed by atoms with Crippen LogP contribution in [0.2, 0.25) is 0 Å². The molecule has 0 aromatic carbocycles. The number of carbonyl (C=O) groups excluding carboxylic acids is 3. The molecule has 4 nitrogen and oxygen atoms in total. The summed E-state index contributed by atoms with van der Waals surface area (Å²) in [4.78, 5) is 39.2. The third kappa shape index (κ3) is 33.4. The second kappa shape index (κ2) is 40.1. The van der Waals surface area contributed by atoms with E-state index in [9.17, 15) is 14.4 Å². The van der Waals surface area contributed by atoms with Gasteiger partial charge in [-0.15, -0.1) is 0 Å². The van der Waals surface area contributed by atoms with Crippen molar-refractivity contribution in [2.45, 2.75) is 239 Å². The number of esters is 1. The molecule has 0 aliphatic carbocycles. The van der Waals surface area contributed by atoms with E-state index in [0.717, 1.165) is 83.5 Å². The molecule has 0 aliphatic heterocycles. The van der Waals surface area contributed by atoms with Gasteiger partial charge < -0.3 is 4.74 Å². The second-order valence-electron chi connectivity index (χ2n) is 15.0. The van der Waals surface area contributed by atoms with Gasteiger partial charge in [0.05, 0.1) is 6.61 Å². The summed E-state index contributed by atoms with van der Waals surface area (Å²) < 4.78 is 5.59. The fraction of sp³-hybridized carbons (Fsp3) is 0.848. The Morgan fingerprint density at radius 3 is 1.18 bits per heavy atom. The molecule has 0 saturated carbocycles. The molecule has 0 N–H and O–H groups in total. The topological polar surface area (TPSA) is 60.4 Å². The minimum Gasteiger partial charge on any atom is -0.465 e. The van der Waals surface area contributed by atoms with E-state index in [1.807, 2.05) is 0 Å². The first-order chi connectivity index (χ1) is 24.6. The predicted octanol–water partition coefficient (Wildman–Crippen LogP) is 14.7. The first-order valence-corrected chi connectivity index (χ1v) is 22.1. The van der Waals surface area contributed by atoms with Crippen molar-refractivity contribution >= 4 is 17.5 Å². The summed E-state index contributed by atoms with van der Waals surface area (Å²) in [5, 5.41) is 0. The monoisotopic (exact) mass is 701 g/mol. The molecule has 0 saturated heterocycles. The molecular formula is C46H84O4. The van der Waals surface area contributed by atoms with E-state index < -0.39 is 17.7 Å². The zero-order chi connectivity index (χ0) is 36.6. The van der Waals surface area contributed by atoms with Crippen LogP contribution in [0, 0.1) is 5.92 Å². The molecule has 0 aliphatic rings. The highest BCUT2D eigenvalue weighted by atomic mass is 16.5. The van der Waals surface area contributed by atoms with Crippen molar-refractivity contribution in [2.24, 2.45) is 5.92 Å². The van der Waals surface area contributed by atoms with Crippen LogP contribution >= 0.6 is 0 Å². The van der Waals surface area contributed by atoms with Crippen molar-refractivity contribution in [1.29, 1.82) is 0 Å². The van der Waals surface area contributed by atoms with Crippen molar-refractivity contribution in [2.75, 3.05) is 6.61 Å². The quantitative estimate of drug-likeness (QED) is 0.0210. The van der Waals surface area contributed by atoms with Crippen LogP contribution in [-0.4, -0.2) is 24.1 Å². The van der Waals surface area contributed by atoms with Crippen LogP contribution in [-0.2, 0) is 19.1 Å². The molecule has 0 radical (unpaired) electrons. The normalized spacial score (nSPS) is 12.3. The van der Waals surface area contributed by atoms with Crippen LogP contribution in [0.5, 0.6) is 0 Å². The zero-order valence-electron chi connectivity index (χ0n) is 33.8. The number of ether oxygens (including phenoxy) is 1. The van der Waals surface area contributed by atoms with Crippen molar-refractivity contribution in [1.82, 2.24) is 0 Å². The SMILES string of the molecule is CCCCCCCC/C=C\CCCCCCC(=O)C(=O)C(CCCCCC/C=C\CCCCCCCC)C(=O)OCCCCCCCCCC. The van der Waals surface area contributed by atoms with Gasteiger partial charge in [0.25, 0.3) is 0 Å². The third-order valence-corrected chi connectivity index (χ3v) is 10.0. The lowest BCUT2D eigenvalue weighted by Gasteiger charge is -2.15. The molecular weight excluding hydrogens is 617 g/mol. The Labute approximate surface area is 311 Å². The minimum atomic E-state index is -0.925. The predicted molar refractivity (Wildman–Crippen MR) is 217 cm³/mol. The number of ketones is 2. The van der Waals surface area contributed by atoms with E-state index >= 15 is 0 Å². The molecule has 1 unspecified atom stereocenters. The Morgan fingerprint density at radius 2 is 0.760 bits per heavy atom. The van der Waals surface area contributed by atoms with E-state index in [1.54, 1.807) is 0 Å². The first kappa shape index (κ1) is 48.3. The number of rotatable bonds is 40. The molecule has 0 amide bonds. The summed E-state index contributed by atoms with van der Waals surface area (Å²) in [6, 6.07) is 0. The van der Waals surface area contributed by atoms with Gasteiger partial charge in [0.15, 0.2) is 5.78 Å². The summed E-state index contributed by atoms with van der Waals surface area (Å²) in [7, 11) is 0. The molecule has 292 valence electrons. The molecule has 0 aromatic heterocycles. The maximum absolute atomic E-state index is 13.2. The molecule has 0 spiro atoms. The summed E-state index contributed by atoms with van der Waals surface area (Å²) >= 11 is 0. The largest absolute Gasteiger partial charge is 0.465 e. The van der Waals surface area contributed by atoms with E-state index in [2.05, 4.69) is 45.1 Å². The molecule has 0 fully saturated rings. The van der Waals surface area contributed by atoms with Gasteiger partial charge in [0, 0.05) is 6.42 Å². The smallest absolute Gasteiger partial charge is 0.316 e. The second-order valence-corrected chi connectivity index (χ2v) is 15.0. The van der Waals surface area contributed by atoms with Gasteiger partial charge in [-0.05, 0) is 70.6 Å². The number of allylic oxidation sites excluding steroid dienone is 4. The third-order valence-electron chi connectivity index (χ3n) is 10.0. The molecule has 0 bridgehead atoms. The van der Waals surface area contributed by atoms with Crippen LogP contribution in [0.15, 0.2) is 24.3 Å². The number of carbonyl (C=O) groups is 3. The Kier molecular flexibility index (Phi) is 38.7. The lowest BCUT2D eigenvalue weighted by Crippen LogP contribution is -2.32. The van der Waals surface area contributed by atoms with Gasteiger partial charge in [0.1, 0.15) is 5.92 Å². The average Bonchev–Trinajstić information content (AvgIpc) is 3.12. The van der Waals surface area contributed by atoms with Crippen molar-refractivity contribution in [3.05, 3.63) is 24.3 Å². The van der Waals surface area contributed by atoms with Crippen LogP contribution in [0.25, 0.3) is 0 Å². The fourth-order valence-electron chi connectivity index (χ4n) is 6.60. The minimum absolute atomic E-state index is 0.250. The summed E-state index contributed by atoms with van der Waals surface area (Å²) in [6.45, 7) is 7.10. The lowest BCUT2D eigenvalue weighted by atomic mass is 9.92. The summed E-state index contributed by atoms with van der Waals surface area (Å²) in [5.41, 5.74) is 0. The van der Waals surface area contributed by atoms with Crippen molar-refractivity contribution < 1.29 is 19.1 Å². The standard InChI is InChI=1S/C46H84O4/c1-4-7-10-13-16-19-21-23-25-27-29-31-34-37-40-43(46(49)50-42-39-36-33-18-15-12-9-6-3)45(48)44(47)41-38-35-32-30-28-26-24-22-20-17-14-11-8-5-2/h23-26,43H,4-22,27-42H2,1-3H3/b25-23-,26-24-. The fourth-order valence-corrected chi connectivity index (χ4v) is 6.60. The Morgan fingerprint density at radius 1 is 0.420 bits per heavy atom. The van der Waals surface area contributed by atoms with E-state index in [4.69, 9.17) is 4.74 Å². The van der Waals surface area contributed by atoms with Crippen molar-refractivity contribution in [3.8, 4) is 0 Å². The lowest BCUT2D eigenvalue weighted by molar-refractivity contribution is -0.155. The van der Waals surface area contributed by atoms with E-state index in [1.165, 1.54) is 122 Å². The molecule has 4 heteroatoms. The van der Waals surface area contributed by atoms with Gasteiger partial charge >= 0.3 is 5.97 Å². The molecule has 0 rings (SSSR count). The van der Waals surface area contributed by atoms with E-state index in [0.29, 0.717) is 13.0 Å². The van der Waals surface area contributed by atoms with Crippen LogP contribution in [0.1, 0.15) is 239 Å². The molecule has 1 atom stereocenters. The van der Waals surface area contributed by atoms with Gasteiger partial charge in [-0.2, -0.15) is 0 Å². The molecule has 50 heavy (non-hydrogen) atoms. The van der Waals surface area contributed by atoms with Gasteiger partial charge in [-0.3, -0.25) is 14.4 Å². The zero-order valence-corrected chi connectivity index (χ0v) is 33.8. The van der Waals surface area contributed by atoms with Gasteiger partial charge in [0.2, 0.25) is 5.78 Å². The first-order valence-electron chi connectivity index (χ1n) is 22.1.